The number of hydrogen-bond donors (Lipinski definition) is 1. The Kier molecular flexibility index (Phi) is 2.94. The van der Waals surface area contributed by atoms with E-state index in [0.29, 0.717) is 23.7 Å². The van der Waals surface area contributed by atoms with Crippen LogP contribution in [-0.2, 0) is 6.54 Å². The Morgan fingerprint density at radius 3 is 2.68 bits per heavy atom. The summed E-state index contributed by atoms with van der Waals surface area (Å²) in [6.07, 6.45) is 1.75. The minimum absolute atomic E-state index is 0.428. The first-order chi connectivity index (χ1) is 9.13. The first kappa shape index (κ1) is 12.1. The molecule has 5 nitrogen and oxygen atoms in total. The van der Waals surface area contributed by atoms with Crippen molar-refractivity contribution >= 4 is 32.9 Å². The third kappa shape index (κ3) is 2.31. The Balaban J connectivity index is 2.03. The van der Waals surface area contributed by atoms with Crippen molar-refractivity contribution in [3.8, 4) is 0 Å². The molecule has 0 aliphatic carbocycles. The van der Waals surface area contributed by atoms with E-state index in [1.54, 1.807) is 6.33 Å². The minimum atomic E-state index is 0.428. The summed E-state index contributed by atoms with van der Waals surface area (Å²) < 4.78 is 3.04. The van der Waals surface area contributed by atoms with Crippen LogP contribution < -0.4 is 5.73 Å². The molecule has 3 rings (SSSR count). The van der Waals surface area contributed by atoms with Gasteiger partial charge in [-0.05, 0) is 24.6 Å². The highest BCUT2D eigenvalue weighted by Crippen LogP contribution is 2.18. The fraction of sp³-hybridized carbons (Fsp3) is 0.154. The van der Waals surface area contributed by atoms with Crippen molar-refractivity contribution in [3.63, 3.8) is 0 Å². The molecule has 2 heterocycles. The summed E-state index contributed by atoms with van der Waals surface area (Å²) in [5.74, 6) is 1.08. The lowest BCUT2D eigenvalue weighted by Crippen LogP contribution is -2.02. The Morgan fingerprint density at radius 1 is 1.21 bits per heavy atom. The summed E-state index contributed by atoms with van der Waals surface area (Å²) >= 11 is 3.43. The number of fused-ring (bicyclic) bond motifs is 1. The number of nitrogens with zero attached hydrogens (tertiary/aromatic N) is 4. The van der Waals surface area contributed by atoms with E-state index in [-0.39, 0.29) is 0 Å². The second kappa shape index (κ2) is 4.62. The van der Waals surface area contributed by atoms with Crippen LogP contribution in [0.3, 0.4) is 0 Å². The van der Waals surface area contributed by atoms with Gasteiger partial charge in [0, 0.05) is 4.47 Å². The van der Waals surface area contributed by atoms with Gasteiger partial charge < -0.3 is 10.3 Å². The second-order valence-electron chi connectivity index (χ2n) is 4.33. The van der Waals surface area contributed by atoms with Gasteiger partial charge in [0.1, 0.15) is 11.3 Å². The highest BCUT2D eigenvalue weighted by atomic mass is 79.9. The van der Waals surface area contributed by atoms with Crippen LogP contribution in [0.5, 0.6) is 0 Å². The Labute approximate surface area is 118 Å². The molecule has 0 radical (unpaired) electrons. The second-order valence-corrected chi connectivity index (χ2v) is 5.24. The van der Waals surface area contributed by atoms with Crippen LogP contribution in [0.4, 0.5) is 5.82 Å². The zero-order chi connectivity index (χ0) is 13.4. The van der Waals surface area contributed by atoms with Crippen molar-refractivity contribution in [2.24, 2.45) is 0 Å². The number of rotatable bonds is 2. The molecule has 0 aliphatic heterocycles. The maximum absolute atomic E-state index is 5.85. The van der Waals surface area contributed by atoms with Gasteiger partial charge in [-0.2, -0.15) is 0 Å². The quantitative estimate of drug-likeness (QED) is 0.788. The maximum atomic E-state index is 5.85. The monoisotopic (exact) mass is 317 g/mol. The van der Waals surface area contributed by atoms with E-state index < -0.39 is 0 Å². The van der Waals surface area contributed by atoms with Crippen molar-refractivity contribution in [2.45, 2.75) is 13.5 Å². The van der Waals surface area contributed by atoms with Crippen LogP contribution in [0.15, 0.2) is 35.1 Å². The van der Waals surface area contributed by atoms with Crippen molar-refractivity contribution in [1.82, 2.24) is 19.5 Å². The molecular weight excluding hydrogens is 306 g/mol. The average Bonchev–Trinajstić information content (AvgIpc) is 2.76. The predicted octanol–water partition coefficient (Wildman–Crippen LogP) is 2.53. The van der Waals surface area contributed by atoms with Gasteiger partial charge in [0.15, 0.2) is 11.5 Å². The molecular formula is C13H12BrN5. The van der Waals surface area contributed by atoms with E-state index in [1.165, 1.54) is 5.56 Å². The van der Waals surface area contributed by atoms with Gasteiger partial charge in [-0.15, -0.1) is 0 Å². The number of hydrogen-bond acceptors (Lipinski definition) is 4. The molecule has 0 saturated heterocycles. The van der Waals surface area contributed by atoms with Gasteiger partial charge in [-0.25, -0.2) is 15.0 Å². The molecule has 3 aromatic rings. The van der Waals surface area contributed by atoms with Crippen LogP contribution in [0.25, 0.3) is 11.2 Å². The fourth-order valence-electron chi connectivity index (χ4n) is 1.98. The lowest BCUT2D eigenvalue weighted by molar-refractivity contribution is 0.810. The van der Waals surface area contributed by atoms with Crippen LogP contribution in [0.1, 0.15) is 11.4 Å². The molecule has 0 spiro atoms. The molecule has 0 amide bonds. The van der Waals surface area contributed by atoms with E-state index in [4.69, 9.17) is 5.73 Å². The van der Waals surface area contributed by atoms with Gasteiger partial charge in [-0.3, -0.25) is 0 Å². The third-order valence-electron chi connectivity index (χ3n) is 2.87. The molecule has 2 aromatic heterocycles. The molecule has 0 fully saturated rings. The van der Waals surface area contributed by atoms with Crippen molar-refractivity contribution in [1.29, 1.82) is 0 Å². The van der Waals surface area contributed by atoms with Crippen LogP contribution in [-0.4, -0.2) is 19.5 Å². The topological polar surface area (TPSA) is 69.6 Å². The smallest absolute Gasteiger partial charge is 0.166 e. The molecule has 1 aromatic carbocycles. The molecule has 2 N–H and O–H groups in total. The predicted molar refractivity (Wildman–Crippen MR) is 77.7 cm³/mol. The van der Waals surface area contributed by atoms with E-state index in [9.17, 15) is 0 Å². The van der Waals surface area contributed by atoms with Crippen molar-refractivity contribution in [2.75, 3.05) is 5.73 Å². The molecule has 0 unspecified atom stereocenters. The number of aryl methyl sites for hydroxylation is 1. The highest BCUT2D eigenvalue weighted by Gasteiger charge is 2.09. The number of nitrogen functional groups attached to an aromatic ring is 1. The summed E-state index contributed by atoms with van der Waals surface area (Å²) in [5, 5.41) is 0. The molecule has 0 aliphatic rings. The summed E-state index contributed by atoms with van der Waals surface area (Å²) in [4.78, 5) is 12.8. The lowest BCUT2D eigenvalue weighted by Gasteiger charge is -2.05. The summed E-state index contributed by atoms with van der Waals surface area (Å²) in [6, 6.07) is 8.16. The molecule has 0 atom stereocenters. The Bertz CT molecular complexity index is 733. The van der Waals surface area contributed by atoms with Crippen molar-refractivity contribution in [3.05, 3.63) is 46.5 Å². The van der Waals surface area contributed by atoms with E-state index in [0.717, 1.165) is 10.1 Å². The Hall–Kier alpha value is -1.95. The highest BCUT2D eigenvalue weighted by molar-refractivity contribution is 9.10. The largest absolute Gasteiger partial charge is 0.382 e. The number of aromatic nitrogens is 4. The van der Waals surface area contributed by atoms with Crippen molar-refractivity contribution < 1.29 is 0 Å². The number of halogens is 1. The van der Waals surface area contributed by atoms with Gasteiger partial charge >= 0.3 is 0 Å². The van der Waals surface area contributed by atoms with Crippen LogP contribution >= 0.6 is 15.9 Å². The zero-order valence-electron chi connectivity index (χ0n) is 10.3. The number of nitrogens with two attached hydrogens (primary N) is 1. The zero-order valence-corrected chi connectivity index (χ0v) is 11.9. The maximum Gasteiger partial charge on any atom is 0.166 e. The number of benzene rings is 1. The molecule has 0 bridgehead atoms. The lowest BCUT2D eigenvalue weighted by atomic mass is 10.2. The SMILES string of the molecule is Cc1nc(N)c2ncn(Cc3ccc(Br)cc3)c2n1. The first-order valence-electron chi connectivity index (χ1n) is 5.83. The summed E-state index contributed by atoms with van der Waals surface area (Å²) in [7, 11) is 0. The standard InChI is InChI=1S/C13H12BrN5/c1-8-17-12(15)11-13(18-8)19(7-16-11)6-9-2-4-10(14)5-3-9/h2-5,7H,6H2,1H3,(H2,15,17,18). The summed E-state index contributed by atoms with van der Waals surface area (Å²) in [6.45, 7) is 2.53. The third-order valence-corrected chi connectivity index (χ3v) is 3.40. The van der Waals surface area contributed by atoms with Crippen LogP contribution in [0, 0.1) is 6.92 Å². The average molecular weight is 318 g/mol. The van der Waals surface area contributed by atoms with E-state index in [2.05, 4.69) is 43.0 Å². The minimum Gasteiger partial charge on any atom is -0.382 e. The van der Waals surface area contributed by atoms with Gasteiger partial charge in [-0.1, -0.05) is 28.1 Å². The van der Waals surface area contributed by atoms with Crippen LogP contribution in [0.2, 0.25) is 0 Å². The molecule has 19 heavy (non-hydrogen) atoms. The summed E-state index contributed by atoms with van der Waals surface area (Å²) in [5.41, 5.74) is 8.46. The normalized spacial score (nSPS) is 11.1. The molecule has 0 saturated carbocycles. The van der Waals surface area contributed by atoms with Gasteiger partial charge in [0.2, 0.25) is 0 Å². The van der Waals surface area contributed by atoms with Gasteiger partial charge in [0.25, 0.3) is 0 Å². The molecule has 96 valence electrons. The van der Waals surface area contributed by atoms with E-state index >= 15 is 0 Å². The Morgan fingerprint density at radius 2 is 1.95 bits per heavy atom. The first-order valence-corrected chi connectivity index (χ1v) is 6.62. The molecule has 6 heteroatoms. The van der Waals surface area contributed by atoms with Gasteiger partial charge in [0.05, 0.1) is 12.9 Å². The number of imidazole rings is 1. The van der Waals surface area contributed by atoms with E-state index in [1.807, 2.05) is 23.6 Å². The number of anilines is 1. The fourth-order valence-corrected chi connectivity index (χ4v) is 2.25.